The minimum atomic E-state index is -0.441. The summed E-state index contributed by atoms with van der Waals surface area (Å²) in [5.41, 5.74) is 7.00. The number of rotatable bonds is 6. The van der Waals surface area contributed by atoms with E-state index in [-0.39, 0.29) is 5.69 Å². The lowest BCUT2D eigenvalue weighted by Crippen LogP contribution is -2.36. The van der Waals surface area contributed by atoms with E-state index < -0.39 is 4.92 Å². The van der Waals surface area contributed by atoms with Gasteiger partial charge in [0.25, 0.3) is 5.69 Å². The summed E-state index contributed by atoms with van der Waals surface area (Å²) in [5, 5.41) is 13.9. The van der Waals surface area contributed by atoms with E-state index in [1.54, 1.807) is 6.07 Å². The zero-order chi connectivity index (χ0) is 14.0. The fourth-order valence-electron chi connectivity index (χ4n) is 2.07. The molecule has 1 atom stereocenters. The Hall–Kier alpha value is -1.82. The van der Waals surface area contributed by atoms with Crippen LogP contribution in [0.4, 0.5) is 17.1 Å². The van der Waals surface area contributed by atoms with Crippen LogP contribution in [0.3, 0.4) is 0 Å². The number of anilines is 2. The first kappa shape index (κ1) is 13.6. The van der Waals surface area contributed by atoms with Crippen LogP contribution in [0, 0.1) is 10.1 Å². The summed E-state index contributed by atoms with van der Waals surface area (Å²) in [7, 11) is 2.13. The predicted octanol–water partition coefficient (Wildman–Crippen LogP) is 2.07. The SMILES string of the molecule is CC(CNc1ccc([N+](=O)[O-])cc1N)N(C)C1CC1. The second-order valence-electron chi connectivity index (χ2n) is 5.16. The van der Waals surface area contributed by atoms with Gasteiger partial charge in [0.15, 0.2) is 0 Å². The summed E-state index contributed by atoms with van der Waals surface area (Å²) in [6, 6.07) is 5.64. The molecule has 19 heavy (non-hydrogen) atoms. The molecule has 1 saturated carbocycles. The minimum Gasteiger partial charge on any atom is -0.397 e. The second-order valence-corrected chi connectivity index (χ2v) is 5.16. The smallest absolute Gasteiger partial charge is 0.271 e. The average Bonchev–Trinajstić information content (AvgIpc) is 3.20. The molecule has 0 saturated heterocycles. The van der Waals surface area contributed by atoms with E-state index in [1.807, 2.05) is 0 Å². The van der Waals surface area contributed by atoms with Crippen LogP contribution in [-0.2, 0) is 0 Å². The van der Waals surface area contributed by atoms with Crippen LogP contribution < -0.4 is 11.1 Å². The molecule has 2 rings (SSSR count). The van der Waals surface area contributed by atoms with Gasteiger partial charge in [-0.05, 0) is 32.9 Å². The highest BCUT2D eigenvalue weighted by molar-refractivity contribution is 5.69. The maximum Gasteiger partial charge on any atom is 0.271 e. The first-order chi connectivity index (χ1) is 8.99. The van der Waals surface area contributed by atoms with Crippen LogP contribution in [0.15, 0.2) is 18.2 Å². The van der Waals surface area contributed by atoms with Gasteiger partial charge >= 0.3 is 0 Å². The van der Waals surface area contributed by atoms with Crippen molar-refractivity contribution in [2.24, 2.45) is 0 Å². The molecule has 0 radical (unpaired) electrons. The third kappa shape index (κ3) is 3.35. The van der Waals surface area contributed by atoms with Crippen molar-refractivity contribution < 1.29 is 4.92 Å². The molecule has 1 aliphatic carbocycles. The van der Waals surface area contributed by atoms with E-state index >= 15 is 0 Å². The monoisotopic (exact) mass is 264 g/mol. The number of nitrogens with zero attached hydrogens (tertiary/aromatic N) is 2. The van der Waals surface area contributed by atoms with Gasteiger partial charge in [0.1, 0.15) is 0 Å². The Kier molecular flexibility index (Phi) is 3.90. The molecule has 6 heteroatoms. The Morgan fingerprint density at radius 3 is 2.79 bits per heavy atom. The quantitative estimate of drug-likeness (QED) is 0.467. The normalized spacial score (nSPS) is 16.4. The molecule has 6 nitrogen and oxygen atoms in total. The first-order valence-electron chi connectivity index (χ1n) is 6.48. The van der Waals surface area contributed by atoms with Crippen molar-refractivity contribution in [3.05, 3.63) is 28.3 Å². The Morgan fingerprint density at radius 1 is 1.58 bits per heavy atom. The molecule has 3 N–H and O–H groups in total. The fraction of sp³-hybridized carbons (Fsp3) is 0.538. The maximum absolute atomic E-state index is 10.6. The molecule has 104 valence electrons. The van der Waals surface area contributed by atoms with Crippen molar-refractivity contribution in [3.63, 3.8) is 0 Å². The third-order valence-electron chi connectivity index (χ3n) is 3.65. The highest BCUT2D eigenvalue weighted by Gasteiger charge is 2.28. The van der Waals surface area contributed by atoms with Gasteiger partial charge in [0.2, 0.25) is 0 Å². The zero-order valence-electron chi connectivity index (χ0n) is 11.3. The maximum atomic E-state index is 10.6. The molecule has 1 aromatic carbocycles. The van der Waals surface area contributed by atoms with Crippen molar-refractivity contribution >= 4 is 17.1 Å². The molecule has 0 heterocycles. The van der Waals surface area contributed by atoms with Gasteiger partial charge in [-0.1, -0.05) is 0 Å². The molecule has 0 aliphatic heterocycles. The van der Waals surface area contributed by atoms with Crippen LogP contribution >= 0.6 is 0 Å². The summed E-state index contributed by atoms with van der Waals surface area (Å²) >= 11 is 0. The Labute approximate surface area is 112 Å². The van der Waals surface area contributed by atoms with Crippen molar-refractivity contribution in [3.8, 4) is 0 Å². The van der Waals surface area contributed by atoms with Crippen LogP contribution in [0.25, 0.3) is 0 Å². The molecule has 1 aliphatic rings. The summed E-state index contributed by atoms with van der Waals surface area (Å²) in [6.07, 6.45) is 2.56. The zero-order valence-corrected chi connectivity index (χ0v) is 11.3. The average molecular weight is 264 g/mol. The molecule has 1 aromatic rings. The topological polar surface area (TPSA) is 84.4 Å². The number of benzene rings is 1. The third-order valence-corrected chi connectivity index (χ3v) is 3.65. The van der Waals surface area contributed by atoms with Gasteiger partial charge in [-0.15, -0.1) is 0 Å². The summed E-state index contributed by atoms with van der Waals surface area (Å²) in [5.74, 6) is 0. The number of nitrogens with one attached hydrogen (secondary N) is 1. The number of nitrogens with two attached hydrogens (primary N) is 1. The molecular weight excluding hydrogens is 244 g/mol. The highest BCUT2D eigenvalue weighted by atomic mass is 16.6. The first-order valence-corrected chi connectivity index (χ1v) is 6.48. The Balaban J connectivity index is 1.93. The van der Waals surface area contributed by atoms with E-state index in [9.17, 15) is 10.1 Å². The summed E-state index contributed by atoms with van der Waals surface area (Å²) < 4.78 is 0. The number of nitro benzene ring substituents is 1. The van der Waals surface area contributed by atoms with Gasteiger partial charge < -0.3 is 11.1 Å². The minimum absolute atomic E-state index is 0.0196. The largest absolute Gasteiger partial charge is 0.397 e. The number of nitrogen functional groups attached to an aromatic ring is 1. The van der Waals surface area contributed by atoms with Gasteiger partial charge in [0.05, 0.1) is 16.3 Å². The summed E-state index contributed by atoms with van der Waals surface area (Å²) in [6.45, 7) is 2.93. The van der Waals surface area contributed by atoms with E-state index in [1.165, 1.54) is 25.0 Å². The molecule has 0 amide bonds. The Morgan fingerprint density at radius 2 is 2.26 bits per heavy atom. The van der Waals surface area contributed by atoms with Crippen LogP contribution in [-0.4, -0.2) is 35.5 Å². The second kappa shape index (κ2) is 5.44. The van der Waals surface area contributed by atoms with Crippen molar-refractivity contribution in [2.45, 2.75) is 31.8 Å². The highest BCUT2D eigenvalue weighted by Crippen LogP contribution is 2.28. The number of non-ortho nitro benzene ring substituents is 1. The van der Waals surface area contributed by atoms with Gasteiger partial charge in [-0.2, -0.15) is 0 Å². The molecular formula is C13H20N4O2. The van der Waals surface area contributed by atoms with Crippen molar-refractivity contribution in [2.75, 3.05) is 24.6 Å². The van der Waals surface area contributed by atoms with Gasteiger partial charge in [0, 0.05) is 30.8 Å². The van der Waals surface area contributed by atoms with Gasteiger partial charge in [-0.25, -0.2) is 0 Å². The van der Waals surface area contributed by atoms with Crippen LogP contribution in [0.1, 0.15) is 19.8 Å². The van der Waals surface area contributed by atoms with E-state index in [0.717, 1.165) is 12.2 Å². The lowest BCUT2D eigenvalue weighted by atomic mass is 10.2. The molecule has 1 fully saturated rings. The molecule has 1 unspecified atom stereocenters. The van der Waals surface area contributed by atoms with Crippen LogP contribution in [0.2, 0.25) is 0 Å². The van der Waals surface area contributed by atoms with Gasteiger partial charge in [-0.3, -0.25) is 15.0 Å². The number of hydrogen-bond acceptors (Lipinski definition) is 5. The number of nitro groups is 1. The molecule has 0 aromatic heterocycles. The fourth-order valence-corrected chi connectivity index (χ4v) is 2.07. The van der Waals surface area contributed by atoms with E-state index in [0.29, 0.717) is 17.8 Å². The molecule has 0 spiro atoms. The van der Waals surface area contributed by atoms with Crippen molar-refractivity contribution in [1.82, 2.24) is 4.90 Å². The summed E-state index contributed by atoms with van der Waals surface area (Å²) in [4.78, 5) is 12.5. The lowest BCUT2D eigenvalue weighted by molar-refractivity contribution is -0.384. The van der Waals surface area contributed by atoms with E-state index in [4.69, 9.17) is 5.73 Å². The number of likely N-dealkylation sites (N-methyl/N-ethyl adjacent to an activating group) is 1. The predicted molar refractivity (Wildman–Crippen MR) is 76.2 cm³/mol. The standard InChI is InChI=1S/C13H20N4O2/c1-9(16(2)10-3-4-10)8-15-13-6-5-11(17(18)19)7-12(13)14/h5-7,9-10,15H,3-4,8,14H2,1-2H3. The van der Waals surface area contributed by atoms with E-state index in [2.05, 4.69) is 24.2 Å². The van der Waals surface area contributed by atoms with Crippen molar-refractivity contribution in [1.29, 1.82) is 0 Å². The molecule has 0 bridgehead atoms. The van der Waals surface area contributed by atoms with Crippen LogP contribution in [0.5, 0.6) is 0 Å². The lowest BCUT2D eigenvalue weighted by Gasteiger charge is -2.25. The Bertz CT molecular complexity index is 474. The number of hydrogen-bond donors (Lipinski definition) is 2.